The minimum atomic E-state index is -1.24. The molecule has 2 rings (SSSR count). The summed E-state index contributed by atoms with van der Waals surface area (Å²) in [4.78, 5) is 22.7. The zero-order valence-corrected chi connectivity index (χ0v) is 18.0. The van der Waals surface area contributed by atoms with Gasteiger partial charge in [-0.05, 0) is 42.8 Å². The number of phenolic OH excluding ortho intramolecular Hbond substituents is 1. The number of hydrogen-bond acceptors (Lipinski definition) is 5. The number of carbonyl (C=O) groups is 2. The summed E-state index contributed by atoms with van der Waals surface area (Å²) in [6.07, 6.45) is 7.77. The number of halogens is 2. The smallest absolute Gasteiger partial charge is 0.332 e. The van der Waals surface area contributed by atoms with Crippen LogP contribution >= 0.6 is 23.2 Å². The Morgan fingerprint density at radius 1 is 1.16 bits per heavy atom. The molecular formula is C22H20Cl2N2O5. The molecule has 7 nitrogen and oxygen atoms in total. The van der Waals surface area contributed by atoms with Gasteiger partial charge in [-0.2, -0.15) is 0 Å². The van der Waals surface area contributed by atoms with Crippen molar-refractivity contribution in [2.45, 2.75) is 13.3 Å². The Balaban J connectivity index is 2.27. The number of carbonyl (C=O) groups excluding carboxylic acids is 2. The van der Waals surface area contributed by atoms with Crippen LogP contribution in [0.4, 0.5) is 5.69 Å². The normalized spacial score (nSPS) is 11.3. The maximum Gasteiger partial charge on any atom is 0.332 e. The van der Waals surface area contributed by atoms with Gasteiger partial charge in [-0.1, -0.05) is 54.1 Å². The van der Waals surface area contributed by atoms with Crippen LogP contribution in [0.5, 0.6) is 17.2 Å². The Bertz CT molecular complexity index is 1040. The minimum Gasteiger partial charge on any atom is -0.508 e. The van der Waals surface area contributed by atoms with Crippen molar-refractivity contribution >= 4 is 40.7 Å². The predicted octanol–water partition coefficient (Wildman–Crippen LogP) is 5.17. The van der Waals surface area contributed by atoms with Crippen molar-refractivity contribution < 1.29 is 24.6 Å². The predicted molar refractivity (Wildman–Crippen MR) is 120 cm³/mol. The van der Waals surface area contributed by atoms with Gasteiger partial charge in [-0.15, -0.1) is 0 Å². The molecule has 0 aliphatic heterocycles. The van der Waals surface area contributed by atoms with Gasteiger partial charge in [0.1, 0.15) is 11.5 Å². The molecule has 0 unspecified atom stereocenters. The number of phenols is 1. The molecule has 0 fully saturated rings. The topological polar surface area (TPSA) is 108 Å². The first-order chi connectivity index (χ1) is 14.8. The summed E-state index contributed by atoms with van der Waals surface area (Å²) in [5, 5.41) is 21.1. The number of amides is 2. The van der Waals surface area contributed by atoms with E-state index in [0.717, 1.165) is 5.57 Å². The Morgan fingerprint density at radius 2 is 1.84 bits per heavy atom. The lowest BCUT2D eigenvalue weighted by atomic mass is 10.0. The molecule has 0 saturated carbocycles. The summed E-state index contributed by atoms with van der Waals surface area (Å²) in [5.74, 6) is -1.75. The molecule has 0 aliphatic carbocycles. The number of nitrogens with one attached hydrogen (secondary N) is 2. The lowest BCUT2D eigenvalue weighted by Crippen LogP contribution is -2.33. The van der Waals surface area contributed by atoms with E-state index < -0.39 is 11.8 Å². The van der Waals surface area contributed by atoms with E-state index >= 15 is 0 Å². The molecule has 0 radical (unpaired) electrons. The lowest BCUT2D eigenvalue weighted by molar-refractivity contribution is -0.141. The number of aromatic hydroxyl groups is 1. The third-order valence-electron chi connectivity index (χ3n) is 3.99. The second kappa shape index (κ2) is 11.2. The average molecular weight is 463 g/mol. The van der Waals surface area contributed by atoms with Gasteiger partial charge < -0.3 is 15.2 Å². The maximum absolute atomic E-state index is 11.6. The van der Waals surface area contributed by atoms with Gasteiger partial charge in [0.25, 0.3) is 0 Å². The van der Waals surface area contributed by atoms with E-state index in [2.05, 4.69) is 11.9 Å². The highest BCUT2D eigenvalue weighted by Crippen LogP contribution is 2.39. The fourth-order valence-corrected chi connectivity index (χ4v) is 3.06. The molecule has 0 aliphatic rings. The second-order valence-electron chi connectivity index (χ2n) is 6.20. The van der Waals surface area contributed by atoms with Crippen LogP contribution in [-0.4, -0.2) is 22.1 Å². The summed E-state index contributed by atoms with van der Waals surface area (Å²) in [6.45, 7) is 5.68. The van der Waals surface area contributed by atoms with E-state index in [-0.39, 0.29) is 27.2 Å². The summed E-state index contributed by atoms with van der Waals surface area (Å²) in [5.41, 5.74) is 2.86. The zero-order chi connectivity index (χ0) is 23.0. The van der Waals surface area contributed by atoms with E-state index in [1.807, 2.05) is 25.2 Å². The number of hydrogen-bond donors (Lipinski definition) is 4. The van der Waals surface area contributed by atoms with Crippen molar-refractivity contribution in [2.24, 2.45) is 0 Å². The lowest BCUT2D eigenvalue weighted by Gasteiger charge is -2.14. The molecule has 0 heterocycles. The van der Waals surface area contributed by atoms with Crippen molar-refractivity contribution in [3.8, 4) is 17.2 Å². The van der Waals surface area contributed by atoms with Gasteiger partial charge in [0.2, 0.25) is 0 Å². The van der Waals surface area contributed by atoms with Crippen LogP contribution < -0.4 is 15.5 Å². The Kier molecular flexibility index (Phi) is 8.69. The molecule has 4 N–H and O–H groups in total. The van der Waals surface area contributed by atoms with Crippen molar-refractivity contribution in [1.82, 2.24) is 5.48 Å². The molecule has 162 valence electrons. The highest BCUT2D eigenvalue weighted by Gasteiger charge is 2.16. The van der Waals surface area contributed by atoms with Crippen LogP contribution in [0.3, 0.4) is 0 Å². The Hall–Kier alpha value is -3.26. The maximum atomic E-state index is 11.6. The minimum absolute atomic E-state index is 0.0709. The second-order valence-corrected chi connectivity index (χ2v) is 7.02. The first-order valence-electron chi connectivity index (χ1n) is 8.97. The molecule has 0 bridgehead atoms. The fraction of sp³-hybridized carbons (Fsp3) is 0.0909. The molecule has 2 aromatic rings. The summed E-state index contributed by atoms with van der Waals surface area (Å²) >= 11 is 12.5. The van der Waals surface area contributed by atoms with Crippen LogP contribution in [-0.2, 0) is 16.0 Å². The standard InChI is InChI=1S/C22H20Cl2N2O5/c1-3-5-6-13(4-2)9-14-10-16(7-8-19(14)27)31-20-17(23)11-15(12-18(20)24)25-21(28)22(29)26-30/h3-8,10-12,27,30H,2,9H2,1H3,(H,25,28)(H,26,29)/b5-3-,13-6+. The van der Waals surface area contributed by atoms with Crippen molar-refractivity contribution in [2.75, 3.05) is 5.32 Å². The average Bonchev–Trinajstić information content (AvgIpc) is 2.74. The summed E-state index contributed by atoms with van der Waals surface area (Å²) in [7, 11) is 0. The SMILES string of the molecule is C=C/C(=C\C=C/C)Cc1cc(Oc2c(Cl)cc(NC(=O)C(=O)NO)cc2Cl)ccc1O. The number of allylic oxidation sites excluding steroid dienone is 5. The van der Waals surface area contributed by atoms with Crippen molar-refractivity contribution in [3.63, 3.8) is 0 Å². The van der Waals surface area contributed by atoms with Gasteiger partial charge in [-0.3, -0.25) is 14.8 Å². The molecule has 0 atom stereocenters. The van der Waals surface area contributed by atoms with Crippen molar-refractivity contribution in [3.05, 3.63) is 82.4 Å². The summed E-state index contributed by atoms with van der Waals surface area (Å²) < 4.78 is 5.79. The van der Waals surface area contributed by atoms with Gasteiger partial charge in [-0.25, -0.2) is 5.48 Å². The molecule has 0 saturated heterocycles. The van der Waals surface area contributed by atoms with Gasteiger partial charge in [0.15, 0.2) is 5.75 Å². The molecule has 0 aromatic heterocycles. The molecular weight excluding hydrogens is 443 g/mol. The van der Waals surface area contributed by atoms with Crippen LogP contribution in [0.25, 0.3) is 0 Å². The quantitative estimate of drug-likeness (QED) is 0.196. The molecule has 9 heteroatoms. The Labute approximate surface area is 189 Å². The monoisotopic (exact) mass is 462 g/mol. The number of hydroxylamine groups is 1. The number of rotatable bonds is 7. The zero-order valence-electron chi connectivity index (χ0n) is 16.5. The largest absolute Gasteiger partial charge is 0.508 e. The molecule has 31 heavy (non-hydrogen) atoms. The highest BCUT2D eigenvalue weighted by molar-refractivity contribution is 6.40. The van der Waals surface area contributed by atoms with Crippen LogP contribution in [0.2, 0.25) is 10.0 Å². The third kappa shape index (κ3) is 6.62. The van der Waals surface area contributed by atoms with E-state index in [0.29, 0.717) is 17.7 Å². The fourth-order valence-electron chi connectivity index (χ4n) is 2.49. The molecule has 0 spiro atoms. The number of benzene rings is 2. The number of anilines is 1. The van der Waals surface area contributed by atoms with E-state index in [1.54, 1.807) is 18.2 Å². The van der Waals surface area contributed by atoms with E-state index in [4.69, 9.17) is 33.1 Å². The van der Waals surface area contributed by atoms with Crippen LogP contribution in [0.15, 0.2) is 66.8 Å². The number of ether oxygens (including phenoxy) is 1. The third-order valence-corrected chi connectivity index (χ3v) is 4.56. The van der Waals surface area contributed by atoms with Crippen LogP contribution in [0.1, 0.15) is 12.5 Å². The van der Waals surface area contributed by atoms with Gasteiger partial charge in [0.05, 0.1) is 10.0 Å². The van der Waals surface area contributed by atoms with E-state index in [1.165, 1.54) is 23.7 Å². The first kappa shape index (κ1) is 24.0. The van der Waals surface area contributed by atoms with Crippen LogP contribution in [0, 0.1) is 0 Å². The molecule has 2 aromatic carbocycles. The Morgan fingerprint density at radius 3 is 2.42 bits per heavy atom. The van der Waals surface area contributed by atoms with E-state index in [9.17, 15) is 14.7 Å². The van der Waals surface area contributed by atoms with Gasteiger partial charge in [0, 0.05) is 17.7 Å². The van der Waals surface area contributed by atoms with Gasteiger partial charge >= 0.3 is 11.8 Å². The first-order valence-corrected chi connectivity index (χ1v) is 9.73. The highest BCUT2D eigenvalue weighted by atomic mass is 35.5. The summed E-state index contributed by atoms with van der Waals surface area (Å²) in [6, 6.07) is 7.36. The van der Waals surface area contributed by atoms with Crippen molar-refractivity contribution in [1.29, 1.82) is 0 Å². The molecule has 2 amide bonds.